The third-order valence-electron chi connectivity index (χ3n) is 2.35. The molecule has 19 heavy (non-hydrogen) atoms. The Labute approximate surface area is 110 Å². The van der Waals surface area contributed by atoms with E-state index in [9.17, 15) is 21.2 Å². The summed E-state index contributed by atoms with van der Waals surface area (Å²) in [7, 11) is -7.81. The van der Waals surface area contributed by atoms with Gasteiger partial charge in [0.05, 0.1) is 10.6 Å². The largest absolute Gasteiger partial charge is 0.398 e. The van der Waals surface area contributed by atoms with Gasteiger partial charge in [0.15, 0.2) is 0 Å². The van der Waals surface area contributed by atoms with Crippen molar-refractivity contribution in [3.05, 3.63) is 23.5 Å². The highest BCUT2D eigenvalue weighted by Crippen LogP contribution is 2.20. The Bertz CT molecular complexity index is 662. The van der Waals surface area contributed by atoms with Gasteiger partial charge in [-0.15, -0.1) is 0 Å². The number of sulfonamides is 2. The molecule has 0 aliphatic carbocycles. The molecule has 0 aliphatic heterocycles. The average molecular weight is 311 g/mol. The van der Waals surface area contributed by atoms with Gasteiger partial charge in [-0.2, -0.15) is 0 Å². The molecule has 0 aliphatic rings. The van der Waals surface area contributed by atoms with Crippen LogP contribution in [-0.4, -0.2) is 29.1 Å². The number of nitrogens with one attached hydrogen (secondary N) is 1. The summed E-state index contributed by atoms with van der Waals surface area (Å²) in [6.07, 6.45) is 0. The van der Waals surface area contributed by atoms with E-state index in [1.54, 1.807) is 0 Å². The van der Waals surface area contributed by atoms with E-state index < -0.39 is 38.2 Å². The minimum Gasteiger partial charge on any atom is -0.398 e. The van der Waals surface area contributed by atoms with E-state index in [0.29, 0.717) is 0 Å². The van der Waals surface area contributed by atoms with Crippen molar-refractivity contribution in [2.45, 2.75) is 11.8 Å². The summed E-state index contributed by atoms with van der Waals surface area (Å²) in [5.41, 5.74) is 5.60. The number of halogens is 1. The minimum atomic E-state index is -4.03. The molecule has 1 aromatic carbocycles. The van der Waals surface area contributed by atoms with Crippen LogP contribution in [0.25, 0.3) is 0 Å². The van der Waals surface area contributed by atoms with Crippen LogP contribution in [0.4, 0.5) is 10.1 Å². The van der Waals surface area contributed by atoms with E-state index in [4.69, 9.17) is 10.9 Å². The predicted molar refractivity (Wildman–Crippen MR) is 68.7 cm³/mol. The van der Waals surface area contributed by atoms with Crippen LogP contribution in [0.15, 0.2) is 17.0 Å². The van der Waals surface area contributed by atoms with Crippen LogP contribution in [0.5, 0.6) is 0 Å². The van der Waals surface area contributed by atoms with Crippen LogP contribution in [0.3, 0.4) is 0 Å². The minimum absolute atomic E-state index is 0.00757. The molecule has 0 aromatic heterocycles. The quantitative estimate of drug-likeness (QED) is 0.617. The van der Waals surface area contributed by atoms with Gasteiger partial charge in [0.2, 0.25) is 20.0 Å². The van der Waals surface area contributed by atoms with E-state index >= 15 is 0 Å². The zero-order valence-electron chi connectivity index (χ0n) is 10.1. The fourth-order valence-electron chi connectivity index (χ4n) is 1.23. The smallest absolute Gasteiger partial charge is 0.240 e. The van der Waals surface area contributed by atoms with E-state index in [2.05, 4.69) is 0 Å². The van der Waals surface area contributed by atoms with Crippen LogP contribution in [0, 0.1) is 12.7 Å². The first kappa shape index (κ1) is 15.8. The van der Waals surface area contributed by atoms with Gasteiger partial charge in [-0.05, 0) is 19.1 Å². The Morgan fingerprint density at radius 1 is 1.26 bits per heavy atom. The van der Waals surface area contributed by atoms with Crippen molar-refractivity contribution in [1.82, 2.24) is 4.72 Å². The molecule has 0 fully saturated rings. The molecular formula is C9H14FN3O4S2. The topological polar surface area (TPSA) is 132 Å². The molecule has 1 rings (SSSR count). The number of benzene rings is 1. The highest BCUT2D eigenvalue weighted by atomic mass is 32.2. The van der Waals surface area contributed by atoms with Crippen LogP contribution < -0.4 is 15.6 Å². The SMILES string of the molecule is Cc1c(N)cc(S(=O)(=O)NCCS(N)(=O)=O)cc1F. The van der Waals surface area contributed by atoms with Crippen molar-refractivity contribution >= 4 is 25.7 Å². The van der Waals surface area contributed by atoms with Gasteiger partial charge in [-0.25, -0.2) is 31.1 Å². The van der Waals surface area contributed by atoms with E-state index in [0.717, 1.165) is 12.1 Å². The molecule has 0 spiro atoms. The fourth-order valence-corrected chi connectivity index (χ4v) is 2.82. The standard InChI is InChI=1S/C9H14FN3O4S2/c1-6-8(10)4-7(5-9(6)11)19(16,17)13-2-3-18(12,14)15/h4-5,13H,2-3,11H2,1H3,(H2,12,14,15). The maximum absolute atomic E-state index is 13.4. The zero-order valence-corrected chi connectivity index (χ0v) is 11.7. The summed E-state index contributed by atoms with van der Waals surface area (Å²) < 4.78 is 60.3. The van der Waals surface area contributed by atoms with Crippen molar-refractivity contribution in [2.75, 3.05) is 18.0 Å². The normalized spacial score (nSPS) is 12.6. The van der Waals surface area contributed by atoms with Gasteiger partial charge in [0.1, 0.15) is 5.82 Å². The number of hydrogen-bond donors (Lipinski definition) is 3. The molecule has 0 amide bonds. The third kappa shape index (κ3) is 4.42. The van der Waals surface area contributed by atoms with Crippen molar-refractivity contribution in [3.8, 4) is 0 Å². The molecule has 108 valence electrons. The summed E-state index contributed by atoms with van der Waals surface area (Å²) in [5, 5.41) is 4.73. The lowest BCUT2D eigenvalue weighted by Crippen LogP contribution is -2.31. The second-order valence-corrected chi connectivity index (χ2v) is 7.39. The van der Waals surface area contributed by atoms with Gasteiger partial charge in [-0.3, -0.25) is 0 Å². The summed E-state index contributed by atoms with van der Waals surface area (Å²) in [4.78, 5) is -0.373. The Morgan fingerprint density at radius 3 is 2.32 bits per heavy atom. The Kier molecular flexibility index (Phi) is 4.50. The van der Waals surface area contributed by atoms with Crippen LogP contribution >= 0.6 is 0 Å². The van der Waals surface area contributed by atoms with Crippen molar-refractivity contribution in [3.63, 3.8) is 0 Å². The molecule has 10 heteroatoms. The molecule has 0 radical (unpaired) electrons. The molecule has 0 bridgehead atoms. The number of nitrogens with two attached hydrogens (primary N) is 2. The van der Waals surface area contributed by atoms with Crippen LogP contribution in [0.2, 0.25) is 0 Å². The fraction of sp³-hybridized carbons (Fsp3) is 0.333. The maximum atomic E-state index is 13.4. The molecule has 1 aromatic rings. The predicted octanol–water partition coefficient (Wildman–Crippen LogP) is -0.717. The number of hydrogen-bond acceptors (Lipinski definition) is 5. The number of primary sulfonamides is 1. The summed E-state index contributed by atoms with van der Waals surface area (Å²) >= 11 is 0. The van der Waals surface area contributed by atoms with E-state index in [1.165, 1.54) is 6.92 Å². The van der Waals surface area contributed by atoms with Crippen molar-refractivity contribution < 1.29 is 21.2 Å². The van der Waals surface area contributed by atoms with Gasteiger partial charge in [-0.1, -0.05) is 0 Å². The van der Waals surface area contributed by atoms with E-state index in [-0.39, 0.29) is 16.1 Å². The van der Waals surface area contributed by atoms with Crippen molar-refractivity contribution in [1.29, 1.82) is 0 Å². The summed E-state index contributed by atoms with van der Waals surface area (Å²) in [6.45, 7) is 1.01. The average Bonchev–Trinajstić information content (AvgIpc) is 2.22. The van der Waals surface area contributed by atoms with Crippen molar-refractivity contribution in [2.24, 2.45) is 5.14 Å². The summed E-state index contributed by atoms with van der Waals surface area (Å²) in [5.74, 6) is -1.32. The first-order valence-corrected chi connectivity index (χ1v) is 8.28. The molecule has 0 unspecified atom stereocenters. The van der Waals surface area contributed by atoms with E-state index in [1.807, 2.05) is 4.72 Å². The molecule has 0 saturated heterocycles. The molecule has 0 saturated carbocycles. The first-order valence-electron chi connectivity index (χ1n) is 5.09. The summed E-state index contributed by atoms with van der Waals surface area (Å²) in [6, 6.07) is 1.91. The third-order valence-corrected chi connectivity index (χ3v) is 4.56. The van der Waals surface area contributed by atoms with Gasteiger partial charge in [0, 0.05) is 17.8 Å². The Balaban J connectivity index is 2.95. The van der Waals surface area contributed by atoms with Crippen LogP contribution in [0.1, 0.15) is 5.56 Å². The highest BCUT2D eigenvalue weighted by Gasteiger charge is 2.17. The number of rotatable bonds is 5. The molecular weight excluding hydrogens is 297 g/mol. The lowest BCUT2D eigenvalue weighted by atomic mass is 10.2. The Morgan fingerprint density at radius 2 is 1.84 bits per heavy atom. The number of nitrogen functional groups attached to an aromatic ring is 1. The monoisotopic (exact) mass is 311 g/mol. The lowest BCUT2D eigenvalue weighted by Gasteiger charge is -2.09. The maximum Gasteiger partial charge on any atom is 0.240 e. The Hall–Kier alpha value is -1.23. The number of anilines is 1. The first-order chi connectivity index (χ1) is 8.53. The molecule has 7 nitrogen and oxygen atoms in total. The zero-order chi connectivity index (χ0) is 14.8. The highest BCUT2D eigenvalue weighted by molar-refractivity contribution is 7.90. The molecule has 5 N–H and O–H groups in total. The lowest BCUT2D eigenvalue weighted by molar-refractivity contribution is 0.577. The van der Waals surface area contributed by atoms with Gasteiger partial charge < -0.3 is 5.73 Å². The second-order valence-electron chi connectivity index (χ2n) is 3.88. The van der Waals surface area contributed by atoms with Gasteiger partial charge >= 0.3 is 0 Å². The second kappa shape index (κ2) is 5.41. The van der Waals surface area contributed by atoms with Crippen LogP contribution in [-0.2, 0) is 20.0 Å². The molecule has 0 atom stereocenters. The molecule has 0 heterocycles. The van der Waals surface area contributed by atoms with Gasteiger partial charge in [0.25, 0.3) is 0 Å².